The maximum Gasteiger partial charge on any atom is 0.342 e. The second-order valence-corrected chi connectivity index (χ2v) is 5.64. The molecule has 1 aliphatic heterocycles. The molecular weight excluding hydrogens is 326 g/mol. The largest absolute Gasteiger partial charge is 0.505 e. The summed E-state index contributed by atoms with van der Waals surface area (Å²) in [5.74, 6) is -0.459. The number of ether oxygens (including phenoxy) is 2. The Morgan fingerprint density at radius 3 is 2.56 bits per heavy atom. The van der Waals surface area contributed by atoms with Crippen LogP contribution in [0.3, 0.4) is 0 Å². The van der Waals surface area contributed by atoms with Gasteiger partial charge in [0.1, 0.15) is 11.3 Å². The Morgan fingerprint density at radius 2 is 1.96 bits per heavy atom. The molecule has 1 unspecified atom stereocenters. The molecule has 1 aliphatic rings. The fourth-order valence-corrected chi connectivity index (χ4v) is 2.80. The number of hydrogen-bond donors (Lipinski definition) is 2. The lowest BCUT2D eigenvalue weighted by atomic mass is 10.0. The number of anilines is 1. The molecule has 3 rings (SSSR count). The van der Waals surface area contributed by atoms with Crippen molar-refractivity contribution < 1.29 is 24.5 Å². The van der Waals surface area contributed by atoms with Gasteiger partial charge in [-0.1, -0.05) is 12.1 Å². The van der Waals surface area contributed by atoms with Gasteiger partial charge in [-0.05, 0) is 17.7 Å². The Hall–Kier alpha value is -3.00. The molecule has 1 aromatic heterocycles. The van der Waals surface area contributed by atoms with Gasteiger partial charge in [-0.2, -0.15) is 5.10 Å². The minimum atomic E-state index is -1.36. The Morgan fingerprint density at radius 1 is 1.28 bits per heavy atom. The summed E-state index contributed by atoms with van der Waals surface area (Å²) < 4.78 is 11.3. The maximum absolute atomic E-state index is 12.0. The lowest BCUT2D eigenvalue weighted by Crippen LogP contribution is -2.42. The summed E-state index contributed by atoms with van der Waals surface area (Å²) in [4.78, 5) is 13.6. The van der Waals surface area contributed by atoms with Gasteiger partial charge in [0.25, 0.3) is 0 Å². The predicted octanol–water partition coefficient (Wildman–Crippen LogP) is 1.21. The molecule has 2 aromatic rings. The van der Waals surface area contributed by atoms with Gasteiger partial charge in [0.2, 0.25) is 0 Å². The number of aromatic nitrogens is 2. The van der Waals surface area contributed by atoms with Crippen molar-refractivity contribution in [3.8, 4) is 5.75 Å². The second kappa shape index (κ2) is 6.48. The number of rotatable bonds is 4. The quantitative estimate of drug-likeness (QED) is 0.804. The molecule has 132 valence electrons. The first kappa shape index (κ1) is 16.8. The van der Waals surface area contributed by atoms with Crippen molar-refractivity contribution in [2.45, 2.75) is 12.8 Å². The topological polar surface area (TPSA) is 97.0 Å². The van der Waals surface area contributed by atoms with Crippen LogP contribution in [-0.4, -0.2) is 46.4 Å². The summed E-state index contributed by atoms with van der Waals surface area (Å²) in [5, 5.41) is 25.2. The van der Waals surface area contributed by atoms with E-state index in [0.717, 1.165) is 11.3 Å². The molecule has 8 nitrogen and oxygen atoms in total. The van der Waals surface area contributed by atoms with Crippen LogP contribution in [-0.2, 0) is 23.1 Å². The number of carbonyl (C=O) groups is 1. The standard InChI is InChI=1S/C17H19N3O5/c1-19-9-12-14(18-19)15(21)13(17(23)25-3)16(22)20(12)8-10-4-6-11(24-2)7-5-10/h4-7,9,16,21-22H,8H2,1-3H3. The van der Waals surface area contributed by atoms with Gasteiger partial charge in [-0.3, -0.25) is 4.68 Å². The van der Waals surface area contributed by atoms with Gasteiger partial charge < -0.3 is 24.6 Å². The van der Waals surface area contributed by atoms with Crippen molar-refractivity contribution in [2.75, 3.05) is 19.1 Å². The molecule has 0 radical (unpaired) electrons. The number of nitrogens with zero attached hydrogens (tertiary/aromatic N) is 3. The van der Waals surface area contributed by atoms with Crippen molar-refractivity contribution in [1.82, 2.24) is 9.78 Å². The van der Waals surface area contributed by atoms with E-state index in [1.54, 1.807) is 25.3 Å². The van der Waals surface area contributed by atoms with Crippen molar-refractivity contribution in [2.24, 2.45) is 7.05 Å². The van der Waals surface area contributed by atoms with Crippen LogP contribution in [0.1, 0.15) is 11.3 Å². The van der Waals surface area contributed by atoms with Gasteiger partial charge in [0.05, 0.1) is 19.9 Å². The third-order valence-corrected chi connectivity index (χ3v) is 4.07. The number of aryl methyl sites for hydroxylation is 1. The summed E-state index contributed by atoms with van der Waals surface area (Å²) in [7, 11) is 4.47. The van der Waals surface area contributed by atoms with Crippen LogP contribution < -0.4 is 9.64 Å². The molecule has 0 saturated heterocycles. The summed E-state index contributed by atoms with van der Waals surface area (Å²) in [6.45, 7) is 0.303. The van der Waals surface area contributed by atoms with Gasteiger partial charge in [0, 0.05) is 19.8 Å². The van der Waals surface area contributed by atoms with Crippen molar-refractivity contribution in [3.05, 3.63) is 47.3 Å². The minimum absolute atomic E-state index is 0.224. The summed E-state index contributed by atoms with van der Waals surface area (Å²) in [5.41, 5.74) is 1.40. The number of carbonyl (C=O) groups excluding carboxylic acids is 1. The third-order valence-electron chi connectivity index (χ3n) is 4.07. The fourth-order valence-electron chi connectivity index (χ4n) is 2.80. The van der Waals surface area contributed by atoms with Gasteiger partial charge in [0.15, 0.2) is 17.7 Å². The molecular formula is C17H19N3O5. The fraction of sp³-hybridized carbons (Fsp3) is 0.294. The zero-order valence-electron chi connectivity index (χ0n) is 14.1. The monoisotopic (exact) mass is 345 g/mol. The van der Waals surface area contributed by atoms with Crippen LogP contribution in [0, 0.1) is 0 Å². The summed E-state index contributed by atoms with van der Waals surface area (Å²) in [6, 6.07) is 7.34. The van der Waals surface area contributed by atoms with Crippen LogP contribution in [0.4, 0.5) is 5.69 Å². The lowest BCUT2D eigenvalue weighted by Gasteiger charge is -2.33. The first-order chi connectivity index (χ1) is 12.0. The Labute approximate surface area is 144 Å². The molecule has 2 heterocycles. The molecule has 1 aromatic carbocycles. The number of aliphatic hydroxyl groups is 2. The third kappa shape index (κ3) is 2.91. The Balaban J connectivity index is 2.02. The number of esters is 1. The van der Waals surface area contributed by atoms with Crippen LogP contribution in [0.2, 0.25) is 0 Å². The van der Waals surface area contributed by atoms with Crippen LogP contribution in [0.5, 0.6) is 5.75 Å². The molecule has 0 saturated carbocycles. The molecule has 1 atom stereocenters. The zero-order chi connectivity index (χ0) is 18.1. The summed E-state index contributed by atoms with van der Waals surface area (Å²) in [6.07, 6.45) is 0.318. The lowest BCUT2D eigenvalue weighted by molar-refractivity contribution is -0.137. The first-order valence-electron chi connectivity index (χ1n) is 7.59. The molecule has 0 spiro atoms. The summed E-state index contributed by atoms with van der Waals surface area (Å²) >= 11 is 0. The van der Waals surface area contributed by atoms with E-state index in [0.29, 0.717) is 12.2 Å². The van der Waals surface area contributed by atoms with E-state index in [-0.39, 0.29) is 17.0 Å². The van der Waals surface area contributed by atoms with E-state index in [2.05, 4.69) is 9.84 Å². The zero-order valence-corrected chi connectivity index (χ0v) is 14.1. The predicted molar refractivity (Wildman–Crippen MR) is 90.0 cm³/mol. The molecule has 0 aliphatic carbocycles. The second-order valence-electron chi connectivity index (χ2n) is 5.64. The first-order valence-corrected chi connectivity index (χ1v) is 7.59. The normalized spacial score (nSPS) is 16.6. The number of benzene rings is 1. The molecule has 8 heteroatoms. The highest BCUT2D eigenvalue weighted by Gasteiger charge is 2.38. The van der Waals surface area contributed by atoms with E-state index in [1.807, 2.05) is 24.3 Å². The maximum atomic E-state index is 12.0. The van der Waals surface area contributed by atoms with Crippen LogP contribution in [0.15, 0.2) is 36.0 Å². The van der Waals surface area contributed by atoms with E-state index in [4.69, 9.17) is 4.74 Å². The number of fused-ring (bicyclic) bond motifs is 1. The average Bonchev–Trinajstić information content (AvgIpc) is 3.01. The molecule has 0 amide bonds. The Bertz CT molecular complexity index is 825. The van der Waals surface area contributed by atoms with E-state index >= 15 is 0 Å². The van der Waals surface area contributed by atoms with Crippen LogP contribution >= 0.6 is 0 Å². The Kier molecular flexibility index (Phi) is 4.37. The van der Waals surface area contributed by atoms with Crippen LogP contribution in [0.25, 0.3) is 5.76 Å². The van der Waals surface area contributed by atoms with E-state index in [1.165, 1.54) is 11.8 Å². The highest BCUT2D eigenvalue weighted by molar-refractivity contribution is 6.00. The van der Waals surface area contributed by atoms with Crippen molar-refractivity contribution >= 4 is 17.4 Å². The highest BCUT2D eigenvalue weighted by atomic mass is 16.5. The molecule has 25 heavy (non-hydrogen) atoms. The smallest absolute Gasteiger partial charge is 0.342 e. The number of methoxy groups -OCH3 is 2. The van der Waals surface area contributed by atoms with Crippen molar-refractivity contribution in [3.63, 3.8) is 0 Å². The average molecular weight is 345 g/mol. The minimum Gasteiger partial charge on any atom is -0.505 e. The number of aliphatic hydroxyl groups excluding tert-OH is 2. The molecule has 0 bridgehead atoms. The van der Waals surface area contributed by atoms with E-state index in [9.17, 15) is 15.0 Å². The highest BCUT2D eigenvalue weighted by Crippen LogP contribution is 2.36. The van der Waals surface area contributed by atoms with Gasteiger partial charge in [-0.15, -0.1) is 0 Å². The van der Waals surface area contributed by atoms with Gasteiger partial charge in [-0.25, -0.2) is 4.79 Å². The molecule has 0 fully saturated rings. The van der Waals surface area contributed by atoms with E-state index < -0.39 is 12.2 Å². The number of hydrogen-bond acceptors (Lipinski definition) is 7. The van der Waals surface area contributed by atoms with Crippen molar-refractivity contribution in [1.29, 1.82) is 0 Å². The molecule has 2 N–H and O–H groups in total. The SMILES string of the molecule is COC(=O)C1=C(O)c2nn(C)cc2N(Cc2ccc(OC)cc2)C1O. The van der Waals surface area contributed by atoms with Gasteiger partial charge >= 0.3 is 5.97 Å².